The Labute approximate surface area is 134 Å². The van der Waals surface area contributed by atoms with Gasteiger partial charge in [-0.05, 0) is 12.5 Å². The lowest BCUT2D eigenvalue weighted by Crippen LogP contribution is -2.48. The molecule has 23 heavy (non-hydrogen) atoms. The van der Waals surface area contributed by atoms with Crippen LogP contribution < -0.4 is 10.6 Å². The Bertz CT molecular complexity index is 633. The van der Waals surface area contributed by atoms with Gasteiger partial charge in [-0.25, -0.2) is 4.79 Å². The van der Waals surface area contributed by atoms with Gasteiger partial charge in [-0.3, -0.25) is 19.8 Å². The molecule has 3 amide bonds. The minimum Gasteiger partial charge on any atom is -0.465 e. The van der Waals surface area contributed by atoms with Crippen molar-refractivity contribution >= 4 is 17.9 Å². The number of nitrogens with one attached hydrogen (secondary N) is 2. The van der Waals surface area contributed by atoms with E-state index < -0.39 is 17.6 Å². The van der Waals surface area contributed by atoms with Gasteiger partial charge in [-0.2, -0.15) is 0 Å². The van der Waals surface area contributed by atoms with E-state index in [-0.39, 0.29) is 31.4 Å². The molecule has 2 aliphatic heterocycles. The van der Waals surface area contributed by atoms with E-state index in [1.54, 1.807) is 6.92 Å². The third-order valence-corrected chi connectivity index (χ3v) is 4.26. The number of carbonyl (C=O) groups excluding carboxylic acids is 3. The number of amides is 3. The molecule has 1 unspecified atom stereocenters. The quantitative estimate of drug-likeness (QED) is 0.620. The number of likely N-dealkylation sites (tertiary alicyclic amines) is 1. The summed E-state index contributed by atoms with van der Waals surface area (Å²) in [6.07, 6.45) is 0.218. The molecule has 3 rings (SSSR count). The Morgan fingerprint density at radius 2 is 2.09 bits per heavy atom. The SMILES string of the molecule is CCOC(=O)[C@H]1CC2(CN1Cc1ccccc1)NC(=O)NC2=O. The molecular weight excluding hydrogens is 298 g/mol. The number of nitrogens with zero attached hydrogens (tertiary/aromatic N) is 1. The van der Waals surface area contributed by atoms with Crippen LogP contribution in [0.25, 0.3) is 0 Å². The summed E-state index contributed by atoms with van der Waals surface area (Å²) in [7, 11) is 0. The molecule has 1 spiro atoms. The predicted octanol–water partition coefficient (Wildman–Crippen LogP) is 0.402. The van der Waals surface area contributed by atoms with Crippen LogP contribution in [0.15, 0.2) is 30.3 Å². The zero-order valence-corrected chi connectivity index (χ0v) is 12.9. The fourth-order valence-electron chi connectivity index (χ4n) is 3.22. The minimum atomic E-state index is -1.05. The Hall–Kier alpha value is -2.41. The van der Waals surface area contributed by atoms with Gasteiger partial charge < -0.3 is 10.1 Å². The number of carbonyl (C=O) groups is 3. The minimum absolute atomic E-state index is 0.218. The van der Waals surface area contributed by atoms with Crippen molar-refractivity contribution in [3.63, 3.8) is 0 Å². The van der Waals surface area contributed by atoms with Crippen molar-refractivity contribution in [2.45, 2.75) is 31.5 Å². The summed E-state index contributed by atoms with van der Waals surface area (Å²) >= 11 is 0. The second-order valence-electron chi connectivity index (χ2n) is 5.85. The zero-order valence-electron chi connectivity index (χ0n) is 12.9. The molecule has 2 aliphatic rings. The first-order valence-electron chi connectivity index (χ1n) is 7.62. The maximum atomic E-state index is 12.3. The maximum absolute atomic E-state index is 12.3. The molecule has 0 bridgehead atoms. The van der Waals surface area contributed by atoms with E-state index in [0.717, 1.165) is 5.56 Å². The second-order valence-corrected chi connectivity index (χ2v) is 5.85. The van der Waals surface area contributed by atoms with E-state index in [1.165, 1.54) is 0 Å². The van der Waals surface area contributed by atoms with Crippen LogP contribution >= 0.6 is 0 Å². The molecule has 0 radical (unpaired) electrons. The number of hydrogen-bond donors (Lipinski definition) is 2. The molecule has 2 N–H and O–H groups in total. The Morgan fingerprint density at radius 3 is 2.70 bits per heavy atom. The summed E-state index contributed by atoms with van der Waals surface area (Å²) in [5.74, 6) is -0.749. The summed E-state index contributed by atoms with van der Waals surface area (Å²) in [6.45, 7) is 2.81. The van der Waals surface area contributed by atoms with E-state index in [0.29, 0.717) is 6.54 Å². The third kappa shape index (κ3) is 2.92. The fourth-order valence-corrected chi connectivity index (χ4v) is 3.22. The van der Waals surface area contributed by atoms with Crippen LogP contribution in [0.4, 0.5) is 4.79 Å². The van der Waals surface area contributed by atoms with Crippen LogP contribution in [-0.2, 0) is 20.9 Å². The molecule has 122 valence electrons. The lowest BCUT2D eigenvalue weighted by molar-refractivity contribution is -0.148. The summed E-state index contributed by atoms with van der Waals surface area (Å²) in [4.78, 5) is 37.8. The van der Waals surface area contributed by atoms with E-state index in [2.05, 4.69) is 10.6 Å². The van der Waals surface area contributed by atoms with E-state index in [4.69, 9.17) is 4.74 Å². The lowest BCUT2D eigenvalue weighted by Gasteiger charge is -2.23. The predicted molar refractivity (Wildman–Crippen MR) is 81.3 cm³/mol. The van der Waals surface area contributed by atoms with Crippen molar-refractivity contribution in [2.75, 3.05) is 13.2 Å². The number of benzene rings is 1. The van der Waals surface area contributed by atoms with Gasteiger partial charge >= 0.3 is 12.0 Å². The first-order valence-corrected chi connectivity index (χ1v) is 7.62. The summed E-state index contributed by atoms with van der Waals surface area (Å²) in [6, 6.07) is 8.61. The van der Waals surface area contributed by atoms with Crippen molar-refractivity contribution in [1.29, 1.82) is 0 Å². The van der Waals surface area contributed by atoms with Gasteiger partial charge in [-0.1, -0.05) is 30.3 Å². The van der Waals surface area contributed by atoms with Crippen molar-refractivity contribution in [1.82, 2.24) is 15.5 Å². The smallest absolute Gasteiger partial charge is 0.323 e. The van der Waals surface area contributed by atoms with Crippen molar-refractivity contribution < 1.29 is 19.1 Å². The Kier molecular flexibility index (Phi) is 4.04. The largest absolute Gasteiger partial charge is 0.465 e. The highest BCUT2D eigenvalue weighted by atomic mass is 16.5. The highest BCUT2D eigenvalue weighted by molar-refractivity contribution is 6.07. The summed E-state index contributed by atoms with van der Waals surface area (Å²) in [5, 5.41) is 4.93. The molecule has 2 saturated heterocycles. The van der Waals surface area contributed by atoms with Gasteiger partial charge in [0, 0.05) is 19.5 Å². The average Bonchev–Trinajstić information content (AvgIpc) is 3.01. The van der Waals surface area contributed by atoms with Crippen molar-refractivity contribution in [2.24, 2.45) is 0 Å². The standard InChI is InChI=1S/C16H19N3O4/c1-2-23-13(20)12-8-16(14(21)17-15(22)18-16)10-19(12)9-11-6-4-3-5-7-11/h3-7,12H,2,8-10H2,1H3,(H2,17,18,21,22)/t12-,16?/m1/s1. The first kappa shape index (κ1) is 15.5. The average molecular weight is 317 g/mol. The van der Waals surface area contributed by atoms with E-state index in [9.17, 15) is 14.4 Å². The summed E-state index contributed by atoms with van der Waals surface area (Å²) < 4.78 is 5.13. The number of hydrogen-bond acceptors (Lipinski definition) is 5. The van der Waals surface area contributed by atoms with Crippen LogP contribution in [0.5, 0.6) is 0 Å². The molecule has 0 aliphatic carbocycles. The number of imide groups is 1. The second kappa shape index (κ2) is 6.00. The van der Waals surface area contributed by atoms with Gasteiger partial charge in [0.1, 0.15) is 11.6 Å². The maximum Gasteiger partial charge on any atom is 0.323 e. The van der Waals surface area contributed by atoms with E-state index in [1.807, 2.05) is 35.2 Å². The van der Waals surface area contributed by atoms with Gasteiger partial charge in [0.25, 0.3) is 5.91 Å². The van der Waals surface area contributed by atoms with Crippen molar-refractivity contribution in [3.8, 4) is 0 Å². The number of urea groups is 1. The zero-order chi connectivity index (χ0) is 16.4. The monoisotopic (exact) mass is 317 g/mol. The molecule has 1 aromatic carbocycles. The number of rotatable bonds is 4. The van der Waals surface area contributed by atoms with Crippen LogP contribution in [0, 0.1) is 0 Å². The molecule has 0 aromatic heterocycles. The molecule has 1 aromatic rings. The Balaban J connectivity index is 1.84. The van der Waals surface area contributed by atoms with E-state index >= 15 is 0 Å². The van der Waals surface area contributed by atoms with Gasteiger partial charge in [-0.15, -0.1) is 0 Å². The normalized spacial score (nSPS) is 27.1. The highest BCUT2D eigenvalue weighted by Crippen LogP contribution is 2.31. The highest BCUT2D eigenvalue weighted by Gasteiger charge is 2.56. The van der Waals surface area contributed by atoms with Crippen LogP contribution in [-0.4, -0.2) is 47.5 Å². The fraction of sp³-hybridized carbons (Fsp3) is 0.438. The molecule has 7 nitrogen and oxygen atoms in total. The molecule has 2 fully saturated rings. The Morgan fingerprint density at radius 1 is 1.35 bits per heavy atom. The van der Waals surface area contributed by atoms with Crippen LogP contribution in [0.1, 0.15) is 18.9 Å². The molecule has 7 heteroatoms. The lowest BCUT2D eigenvalue weighted by atomic mass is 9.96. The van der Waals surface area contributed by atoms with Gasteiger partial charge in [0.15, 0.2) is 0 Å². The number of ether oxygens (including phenoxy) is 1. The number of esters is 1. The molecular formula is C16H19N3O4. The van der Waals surface area contributed by atoms with Gasteiger partial charge in [0.2, 0.25) is 0 Å². The topological polar surface area (TPSA) is 87.7 Å². The molecule has 0 saturated carbocycles. The van der Waals surface area contributed by atoms with Crippen molar-refractivity contribution in [3.05, 3.63) is 35.9 Å². The van der Waals surface area contributed by atoms with Gasteiger partial charge in [0.05, 0.1) is 6.61 Å². The first-order chi connectivity index (χ1) is 11.0. The van der Waals surface area contributed by atoms with Crippen LogP contribution in [0.2, 0.25) is 0 Å². The third-order valence-electron chi connectivity index (χ3n) is 4.26. The van der Waals surface area contributed by atoms with Crippen LogP contribution in [0.3, 0.4) is 0 Å². The molecule has 2 atom stereocenters. The molecule has 2 heterocycles. The summed E-state index contributed by atoms with van der Waals surface area (Å²) in [5.41, 5.74) is -0.0212.